The Labute approximate surface area is 243 Å². The second kappa shape index (κ2) is 16.5. The minimum absolute atomic E-state index is 0.0359. The van der Waals surface area contributed by atoms with E-state index in [1.807, 2.05) is 6.08 Å². The van der Waals surface area contributed by atoms with Crippen molar-refractivity contribution in [1.82, 2.24) is 5.32 Å². The number of amides is 1. The fourth-order valence-corrected chi connectivity index (χ4v) is 6.92. The van der Waals surface area contributed by atoms with Crippen molar-refractivity contribution < 1.29 is 19.4 Å². The van der Waals surface area contributed by atoms with Crippen molar-refractivity contribution in [3.63, 3.8) is 0 Å². The van der Waals surface area contributed by atoms with Crippen LogP contribution in [0.15, 0.2) is 42.5 Å². The van der Waals surface area contributed by atoms with Gasteiger partial charge in [0.15, 0.2) is 0 Å². The predicted molar refractivity (Wildman–Crippen MR) is 163 cm³/mol. The number of nitrogens with one attached hydrogen (secondary N) is 1. The van der Waals surface area contributed by atoms with Crippen molar-refractivity contribution in [3.05, 3.63) is 48.0 Å². The predicted octanol–water partition coefficient (Wildman–Crippen LogP) is 7.45. The number of benzene rings is 1. The Morgan fingerprint density at radius 1 is 1.12 bits per heavy atom. The van der Waals surface area contributed by atoms with E-state index in [4.69, 9.17) is 4.74 Å². The van der Waals surface area contributed by atoms with Crippen LogP contribution in [0, 0.1) is 11.8 Å². The van der Waals surface area contributed by atoms with Gasteiger partial charge in [0, 0.05) is 37.3 Å². The molecular formula is C35H55NO4. The largest absolute Gasteiger partial charge is 0.389 e. The number of ketones is 1. The monoisotopic (exact) mass is 553 g/mol. The number of unbranched alkanes of at least 4 members (excludes halogenated alkanes) is 5. The molecule has 224 valence electrons. The minimum atomic E-state index is -0.388. The van der Waals surface area contributed by atoms with E-state index in [0.717, 1.165) is 90.1 Å². The number of carbonyl (C=O) groups is 2. The van der Waals surface area contributed by atoms with E-state index in [0.29, 0.717) is 25.2 Å². The van der Waals surface area contributed by atoms with Crippen molar-refractivity contribution in [3.8, 4) is 0 Å². The highest BCUT2D eigenvalue weighted by Crippen LogP contribution is 2.43. The molecule has 1 saturated carbocycles. The Bertz CT molecular complexity index is 927. The van der Waals surface area contributed by atoms with Crippen molar-refractivity contribution in [2.45, 2.75) is 134 Å². The van der Waals surface area contributed by atoms with Gasteiger partial charge in [0.2, 0.25) is 5.91 Å². The molecular weight excluding hydrogens is 498 g/mol. The van der Waals surface area contributed by atoms with Crippen LogP contribution in [-0.2, 0) is 19.7 Å². The van der Waals surface area contributed by atoms with Gasteiger partial charge in [-0.3, -0.25) is 9.59 Å². The molecule has 1 saturated heterocycles. The summed E-state index contributed by atoms with van der Waals surface area (Å²) in [4.78, 5) is 25.0. The zero-order valence-electron chi connectivity index (χ0n) is 25.5. The topological polar surface area (TPSA) is 75.6 Å². The van der Waals surface area contributed by atoms with Gasteiger partial charge in [-0.15, -0.1) is 0 Å². The summed E-state index contributed by atoms with van der Waals surface area (Å²) < 4.78 is 6.02. The first-order valence-corrected chi connectivity index (χ1v) is 16.1. The van der Waals surface area contributed by atoms with E-state index in [-0.39, 0.29) is 34.9 Å². The van der Waals surface area contributed by atoms with Gasteiger partial charge in [-0.1, -0.05) is 87.9 Å². The molecule has 40 heavy (non-hydrogen) atoms. The molecule has 5 heteroatoms. The Balaban J connectivity index is 1.32. The molecule has 1 aliphatic carbocycles. The van der Waals surface area contributed by atoms with E-state index in [1.165, 1.54) is 5.56 Å². The summed E-state index contributed by atoms with van der Waals surface area (Å²) in [6.45, 7) is 7.95. The van der Waals surface area contributed by atoms with Gasteiger partial charge in [0.25, 0.3) is 0 Å². The van der Waals surface area contributed by atoms with Gasteiger partial charge >= 0.3 is 0 Å². The Kier molecular flexibility index (Phi) is 13.4. The average molecular weight is 554 g/mol. The maximum absolute atomic E-state index is 12.6. The van der Waals surface area contributed by atoms with Gasteiger partial charge in [0.1, 0.15) is 5.78 Å². The first-order valence-electron chi connectivity index (χ1n) is 16.1. The van der Waals surface area contributed by atoms with Gasteiger partial charge in [-0.25, -0.2) is 0 Å². The van der Waals surface area contributed by atoms with E-state index < -0.39 is 0 Å². The molecule has 2 fully saturated rings. The Hall–Kier alpha value is -1.98. The van der Waals surface area contributed by atoms with Crippen LogP contribution in [0.5, 0.6) is 0 Å². The number of Topliss-reactive ketones (excluding diaryl/α,β-unsaturated/α-hetero) is 1. The summed E-state index contributed by atoms with van der Waals surface area (Å²) in [7, 11) is 0. The summed E-state index contributed by atoms with van der Waals surface area (Å²) in [5, 5.41) is 13.4. The second-order valence-corrected chi connectivity index (χ2v) is 13.0. The molecule has 1 amide bonds. The maximum Gasteiger partial charge on any atom is 0.219 e. The lowest BCUT2D eigenvalue weighted by molar-refractivity contribution is -0.122. The van der Waals surface area contributed by atoms with Crippen LogP contribution in [0.2, 0.25) is 0 Å². The zero-order valence-corrected chi connectivity index (χ0v) is 25.5. The average Bonchev–Trinajstić information content (AvgIpc) is 3.28. The normalized spacial score (nSPS) is 25.4. The third-order valence-electron chi connectivity index (χ3n) is 9.16. The molecule has 1 aromatic rings. The van der Waals surface area contributed by atoms with Gasteiger partial charge in [-0.05, 0) is 70.3 Å². The fourth-order valence-electron chi connectivity index (χ4n) is 6.92. The third-order valence-corrected chi connectivity index (χ3v) is 9.16. The van der Waals surface area contributed by atoms with Crippen LogP contribution in [-0.4, -0.2) is 41.7 Å². The summed E-state index contributed by atoms with van der Waals surface area (Å²) in [6.07, 6.45) is 17.8. The molecule has 0 radical (unpaired) electrons. The fraction of sp³-hybridized carbons (Fsp3) is 0.714. The number of rotatable bonds is 17. The van der Waals surface area contributed by atoms with Gasteiger partial charge < -0.3 is 15.2 Å². The molecule has 3 rings (SSSR count). The molecule has 0 bridgehead atoms. The number of carbonyl (C=O) groups excluding carboxylic acids is 2. The number of ether oxygens (including phenoxy) is 1. The SMILES string of the molecule is CCCCC[C@H](O)/C=C/[C@H]1CCC(=O)[C@@H]1CCCCCCC(=O)NCC[C@@]1(c2ccccc2)CCOC(C)(C)C1. The lowest BCUT2D eigenvalue weighted by Crippen LogP contribution is -2.45. The zero-order chi connectivity index (χ0) is 28.8. The highest BCUT2D eigenvalue weighted by atomic mass is 16.5. The van der Waals surface area contributed by atoms with Gasteiger partial charge in [0.05, 0.1) is 11.7 Å². The first kappa shape index (κ1) is 32.5. The van der Waals surface area contributed by atoms with E-state index in [1.54, 1.807) is 0 Å². The molecule has 1 heterocycles. The van der Waals surface area contributed by atoms with Crippen molar-refractivity contribution >= 4 is 11.7 Å². The summed E-state index contributed by atoms with van der Waals surface area (Å²) in [6, 6.07) is 10.7. The van der Waals surface area contributed by atoms with Crippen molar-refractivity contribution in [2.24, 2.45) is 11.8 Å². The van der Waals surface area contributed by atoms with Crippen molar-refractivity contribution in [2.75, 3.05) is 13.2 Å². The molecule has 0 spiro atoms. The first-order chi connectivity index (χ1) is 19.2. The van der Waals surface area contributed by atoms with Gasteiger partial charge in [-0.2, -0.15) is 0 Å². The third kappa shape index (κ3) is 10.4. The lowest BCUT2D eigenvalue weighted by Gasteiger charge is -2.45. The summed E-state index contributed by atoms with van der Waals surface area (Å²) in [5.41, 5.74) is 1.23. The maximum atomic E-state index is 12.6. The second-order valence-electron chi connectivity index (χ2n) is 13.0. The molecule has 5 nitrogen and oxygen atoms in total. The van der Waals surface area contributed by atoms with Crippen LogP contribution in [0.25, 0.3) is 0 Å². The molecule has 0 unspecified atom stereocenters. The standard InChI is InChI=1S/C35H55NO4/c1-4-5-9-16-30(37)21-19-28-20-22-32(38)31(28)17-12-6-7-13-18-33(39)36-25-23-35(29-14-10-8-11-15-29)24-26-40-34(2,3)27-35/h8,10-11,14-15,19,21,28,30-31,37H,4-7,9,12-13,16-18,20,22-27H2,1-3H3,(H,36,39)/b21-19+/t28-,30-,31+,35+/m0/s1. The van der Waals surface area contributed by atoms with Crippen LogP contribution >= 0.6 is 0 Å². The lowest BCUT2D eigenvalue weighted by atomic mass is 9.67. The summed E-state index contributed by atoms with van der Waals surface area (Å²) >= 11 is 0. The van der Waals surface area contributed by atoms with Crippen LogP contribution in [0.3, 0.4) is 0 Å². The highest BCUT2D eigenvalue weighted by Gasteiger charge is 2.41. The molecule has 1 aromatic carbocycles. The number of aliphatic hydroxyl groups excluding tert-OH is 1. The Morgan fingerprint density at radius 3 is 2.65 bits per heavy atom. The molecule has 0 aromatic heterocycles. The number of hydrogen-bond donors (Lipinski definition) is 2. The van der Waals surface area contributed by atoms with Crippen LogP contribution in [0.1, 0.15) is 123 Å². The Morgan fingerprint density at radius 2 is 1.90 bits per heavy atom. The molecule has 2 aliphatic rings. The van der Waals surface area contributed by atoms with Crippen molar-refractivity contribution in [1.29, 1.82) is 0 Å². The minimum Gasteiger partial charge on any atom is -0.389 e. The van der Waals surface area contributed by atoms with Crippen LogP contribution in [0.4, 0.5) is 0 Å². The van der Waals surface area contributed by atoms with E-state index >= 15 is 0 Å². The molecule has 1 aliphatic heterocycles. The molecule has 2 N–H and O–H groups in total. The number of allylic oxidation sites excluding steroid dienone is 1. The highest BCUT2D eigenvalue weighted by molar-refractivity contribution is 5.83. The number of hydrogen-bond acceptors (Lipinski definition) is 4. The van der Waals surface area contributed by atoms with E-state index in [2.05, 4.69) is 62.5 Å². The van der Waals surface area contributed by atoms with Crippen LogP contribution < -0.4 is 5.32 Å². The number of aliphatic hydroxyl groups is 1. The van der Waals surface area contributed by atoms with E-state index in [9.17, 15) is 14.7 Å². The smallest absolute Gasteiger partial charge is 0.219 e. The molecule has 4 atom stereocenters. The summed E-state index contributed by atoms with van der Waals surface area (Å²) in [5.74, 6) is 0.910. The quantitative estimate of drug-likeness (QED) is 0.155.